The molecule has 0 bridgehead atoms. The smallest absolute Gasteiger partial charge is 0.243 e. The van der Waals surface area contributed by atoms with E-state index in [2.05, 4.69) is 10.6 Å². The van der Waals surface area contributed by atoms with Gasteiger partial charge in [0.25, 0.3) is 0 Å². The van der Waals surface area contributed by atoms with Crippen molar-refractivity contribution >= 4 is 23.6 Å². The van der Waals surface area contributed by atoms with Crippen molar-refractivity contribution in [1.82, 2.24) is 10.6 Å². The Balaban J connectivity index is 1.98. The summed E-state index contributed by atoms with van der Waals surface area (Å²) in [6.45, 7) is 3.27. The molecule has 132 valence electrons. The first kappa shape index (κ1) is 19.0. The molecule has 2 unspecified atom stereocenters. The average Bonchev–Trinajstić information content (AvgIpc) is 2.60. The van der Waals surface area contributed by atoms with Gasteiger partial charge < -0.3 is 10.6 Å². The molecule has 2 aromatic rings. The highest BCUT2D eigenvalue weighted by Gasteiger charge is 2.21. The summed E-state index contributed by atoms with van der Waals surface area (Å²) in [5, 5.41) is 5.59. The Morgan fingerprint density at radius 2 is 1.68 bits per heavy atom. The van der Waals surface area contributed by atoms with E-state index in [0.717, 1.165) is 10.5 Å². The fraction of sp³-hybridized carbons (Fsp3) is 0.263. The molecule has 2 N–H and O–H groups in total. The maximum absolute atomic E-state index is 13.0. The molecule has 0 aliphatic rings. The lowest BCUT2D eigenvalue weighted by Gasteiger charge is -2.21. The molecule has 25 heavy (non-hydrogen) atoms. The summed E-state index contributed by atoms with van der Waals surface area (Å²) in [7, 11) is 0. The Kier molecular flexibility index (Phi) is 7.01. The van der Waals surface area contributed by atoms with E-state index in [-0.39, 0.29) is 23.7 Å². The minimum absolute atomic E-state index is 0.166. The number of carbonyl (C=O) groups excluding carboxylic acids is 2. The standard InChI is InChI=1S/C19H21FN2O2S/c1-13(15-6-4-3-5-7-15)21-19(24)18(22-14(2)23)12-25-17-10-8-16(20)9-11-17/h3-11,13,18H,12H2,1-2H3,(H,21,24)(H,22,23). The molecule has 0 saturated heterocycles. The van der Waals surface area contributed by atoms with Crippen LogP contribution >= 0.6 is 11.8 Å². The molecule has 0 aromatic heterocycles. The number of hydrogen-bond donors (Lipinski definition) is 2. The fourth-order valence-corrected chi connectivity index (χ4v) is 3.20. The highest BCUT2D eigenvalue weighted by atomic mass is 32.2. The lowest BCUT2D eigenvalue weighted by Crippen LogP contribution is -2.48. The van der Waals surface area contributed by atoms with E-state index < -0.39 is 6.04 Å². The summed E-state index contributed by atoms with van der Waals surface area (Å²) < 4.78 is 13.0. The monoisotopic (exact) mass is 360 g/mol. The van der Waals surface area contributed by atoms with Gasteiger partial charge in [0.2, 0.25) is 11.8 Å². The first-order chi connectivity index (χ1) is 12.0. The second-order valence-electron chi connectivity index (χ2n) is 5.66. The maximum Gasteiger partial charge on any atom is 0.243 e. The van der Waals surface area contributed by atoms with Crippen LogP contribution in [0.5, 0.6) is 0 Å². The zero-order chi connectivity index (χ0) is 18.2. The van der Waals surface area contributed by atoms with E-state index >= 15 is 0 Å². The van der Waals surface area contributed by atoms with E-state index in [9.17, 15) is 14.0 Å². The van der Waals surface area contributed by atoms with Crippen LogP contribution in [-0.4, -0.2) is 23.6 Å². The molecule has 6 heteroatoms. The molecule has 0 aliphatic heterocycles. The summed E-state index contributed by atoms with van der Waals surface area (Å²) in [5.74, 6) is -0.468. The third-order valence-corrected chi connectivity index (χ3v) is 4.69. The number of benzene rings is 2. The van der Waals surface area contributed by atoms with E-state index in [1.165, 1.54) is 30.8 Å². The third-order valence-electron chi connectivity index (χ3n) is 3.58. The van der Waals surface area contributed by atoms with Crippen molar-refractivity contribution in [3.63, 3.8) is 0 Å². The van der Waals surface area contributed by atoms with Crippen molar-refractivity contribution in [2.75, 3.05) is 5.75 Å². The van der Waals surface area contributed by atoms with Gasteiger partial charge in [-0.1, -0.05) is 30.3 Å². The molecule has 2 rings (SSSR count). The molecular formula is C19H21FN2O2S. The first-order valence-electron chi connectivity index (χ1n) is 7.96. The molecule has 2 atom stereocenters. The number of halogens is 1. The molecule has 2 aromatic carbocycles. The second-order valence-corrected chi connectivity index (χ2v) is 6.75. The average molecular weight is 360 g/mol. The van der Waals surface area contributed by atoms with Gasteiger partial charge in [-0.3, -0.25) is 9.59 Å². The van der Waals surface area contributed by atoms with Gasteiger partial charge in [-0.15, -0.1) is 11.8 Å². The lowest BCUT2D eigenvalue weighted by atomic mass is 10.1. The molecule has 0 radical (unpaired) electrons. The lowest BCUT2D eigenvalue weighted by molar-refractivity contribution is -0.127. The van der Waals surface area contributed by atoms with Crippen LogP contribution in [0, 0.1) is 5.82 Å². The van der Waals surface area contributed by atoms with E-state index in [1.807, 2.05) is 37.3 Å². The topological polar surface area (TPSA) is 58.2 Å². The fourth-order valence-electron chi connectivity index (χ4n) is 2.28. The zero-order valence-electron chi connectivity index (χ0n) is 14.2. The van der Waals surface area contributed by atoms with Crippen molar-refractivity contribution in [3.8, 4) is 0 Å². The zero-order valence-corrected chi connectivity index (χ0v) is 15.0. The van der Waals surface area contributed by atoms with Gasteiger partial charge >= 0.3 is 0 Å². The highest BCUT2D eigenvalue weighted by Crippen LogP contribution is 2.19. The van der Waals surface area contributed by atoms with Gasteiger partial charge in [-0.2, -0.15) is 0 Å². The summed E-state index contributed by atoms with van der Waals surface area (Å²) in [5.41, 5.74) is 0.989. The second kappa shape index (κ2) is 9.22. The largest absolute Gasteiger partial charge is 0.348 e. The van der Waals surface area contributed by atoms with Gasteiger partial charge in [-0.05, 0) is 36.8 Å². The number of amides is 2. The van der Waals surface area contributed by atoms with Crippen LogP contribution < -0.4 is 10.6 Å². The number of hydrogen-bond acceptors (Lipinski definition) is 3. The quantitative estimate of drug-likeness (QED) is 0.745. The van der Waals surface area contributed by atoms with Crippen LogP contribution in [0.15, 0.2) is 59.5 Å². The molecule has 0 saturated carbocycles. The van der Waals surface area contributed by atoms with Gasteiger partial charge in [-0.25, -0.2) is 4.39 Å². The Bertz CT molecular complexity index is 707. The van der Waals surface area contributed by atoms with Crippen LogP contribution in [-0.2, 0) is 9.59 Å². The third kappa shape index (κ3) is 6.23. The number of thioether (sulfide) groups is 1. The maximum atomic E-state index is 13.0. The molecule has 0 spiro atoms. The van der Waals surface area contributed by atoms with Gasteiger partial charge in [0.1, 0.15) is 11.9 Å². The normalized spacial score (nSPS) is 12.9. The summed E-state index contributed by atoms with van der Waals surface area (Å²) >= 11 is 1.39. The highest BCUT2D eigenvalue weighted by molar-refractivity contribution is 7.99. The molecule has 0 fully saturated rings. The van der Waals surface area contributed by atoms with Crippen LogP contribution in [0.2, 0.25) is 0 Å². The van der Waals surface area contributed by atoms with Crippen molar-refractivity contribution in [2.45, 2.75) is 30.8 Å². The van der Waals surface area contributed by atoms with Crippen LogP contribution in [0.1, 0.15) is 25.5 Å². The number of rotatable bonds is 7. The SMILES string of the molecule is CC(=O)NC(CSc1ccc(F)cc1)C(=O)NC(C)c1ccccc1. The Morgan fingerprint density at radius 1 is 1.04 bits per heavy atom. The van der Waals surface area contributed by atoms with Crippen LogP contribution in [0.3, 0.4) is 0 Å². The Hall–Kier alpha value is -2.34. The van der Waals surface area contributed by atoms with Crippen LogP contribution in [0.25, 0.3) is 0 Å². The van der Waals surface area contributed by atoms with Crippen molar-refractivity contribution in [2.24, 2.45) is 0 Å². The molecule has 0 aliphatic carbocycles. The van der Waals surface area contributed by atoms with Gasteiger partial charge in [0.15, 0.2) is 0 Å². The molecule has 0 heterocycles. The minimum atomic E-state index is -0.668. The van der Waals surface area contributed by atoms with Gasteiger partial charge in [0.05, 0.1) is 6.04 Å². The predicted molar refractivity (Wildman–Crippen MR) is 97.7 cm³/mol. The number of carbonyl (C=O) groups is 2. The minimum Gasteiger partial charge on any atom is -0.348 e. The van der Waals surface area contributed by atoms with E-state index in [4.69, 9.17) is 0 Å². The van der Waals surface area contributed by atoms with Crippen molar-refractivity contribution < 1.29 is 14.0 Å². The summed E-state index contributed by atoms with van der Waals surface area (Å²) in [6, 6.07) is 14.8. The Labute approximate surface area is 151 Å². The van der Waals surface area contributed by atoms with Crippen LogP contribution in [0.4, 0.5) is 4.39 Å². The van der Waals surface area contributed by atoms with Gasteiger partial charge in [0, 0.05) is 17.6 Å². The Morgan fingerprint density at radius 3 is 2.28 bits per heavy atom. The molecular weight excluding hydrogens is 339 g/mol. The number of nitrogens with one attached hydrogen (secondary N) is 2. The van der Waals surface area contributed by atoms with E-state index in [1.54, 1.807) is 12.1 Å². The first-order valence-corrected chi connectivity index (χ1v) is 8.95. The summed E-state index contributed by atoms with van der Waals surface area (Å²) in [4.78, 5) is 24.8. The molecule has 4 nitrogen and oxygen atoms in total. The summed E-state index contributed by atoms with van der Waals surface area (Å²) in [6.07, 6.45) is 0. The molecule has 2 amide bonds. The predicted octanol–water partition coefficient (Wildman–Crippen LogP) is 3.30. The van der Waals surface area contributed by atoms with Crippen molar-refractivity contribution in [1.29, 1.82) is 0 Å². The van der Waals surface area contributed by atoms with Crippen molar-refractivity contribution in [3.05, 3.63) is 66.0 Å². The van der Waals surface area contributed by atoms with E-state index in [0.29, 0.717) is 5.75 Å².